The van der Waals surface area contributed by atoms with E-state index in [9.17, 15) is 4.79 Å². The van der Waals surface area contributed by atoms with Crippen LogP contribution in [0.1, 0.15) is 28.6 Å². The number of hydrogen-bond acceptors (Lipinski definition) is 5. The van der Waals surface area contributed by atoms with Gasteiger partial charge in [-0.2, -0.15) is 0 Å². The van der Waals surface area contributed by atoms with Crippen molar-refractivity contribution in [3.63, 3.8) is 0 Å². The molecule has 28 heavy (non-hydrogen) atoms. The van der Waals surface area contributed by atoms with Crippen molar-refractivity contribution in [3.8, 4) is 22.8 Å². The molecule has 1 N–H and O–H groups in total. The van der Waals surface area contributed by atoms with Gasteiger partial charge in [0.15, 0.2) is 16.6 Å². The largest absolute Gasteiger partial charge is 0.493 e. The van der Waals surface area contributed by atoms with Crippen LogP contribution in [0.2, 0.25) is 5.02 Å². The fourth-order valence-corrected chi connectivity index (χ4v) is 4.12. The first-order valence-electron chi connectivity index (χ1n) is 8.85. The highest BCUT2D eigenvalue weighted by Gasteiger charge is 2.17. The topological polar surface area (TPSA) is 60.5 Å². The first-order chi connectivity index (χ1) is 13.6. The van der Waals surface area contributed by atoms with Gasteiger partial charge in [-0.3, -0.25) is 10.1 Å². The van der Waals surface area contributed by atoms with Crippen LogP contribution in [0.4, 0.5) is 5.13 Å². The van der Waals surface area contributed by atoms with E-state index in [1.54, 1.807) is 38.5 Å². The number of anilines is 1. The SMILES string of the molecule is CCCc1sc(NC(=O)c2ccccc2Cl)nc1-c1ccc(OC)c(OC)c1. The van der Waals surface area contributed by atoms with Gasteiger partial charge in [0.05, 0.1) is 30.5 Å². The normalized spacial score (nSPS) is 10.6. The van der Waals surface area contributed by atoms with Crippen molar-refractivity contribution in [1.82, 2.24) is 4.98 Å². The molecule has 1 aromatic heterocycles. The van der Waals surface area contributed by atoms with Gasteiger partial charge < -0.3 is 9.47 Å². The molecule has 0 saturated heterocycles. The van der Waals surface area contributed by atoms with Crippen molar-refractivity contribution in [2.45, 2.75) is 19.8 Å². The molecular formula is C21H21ClN2O3S. The van der Waals surface area contributed by atoms with Gasteiger partial charge >= 0.3 is 0 Å². The molecule has 0 unspecified atom stereocenters. The van der Waals surface area contributed by atoms with Gasteiger partial charge in [-0.25, -0.2) is 4.98 Å². The number of nitrogens with one attached hydrogen (secondary N) is 1. The monoisotopic (exact) mass is 416 g/mol. The summed E-state index contributed by atoms with van der Waals surface area (Å²) in [5, 5.41) is 3.82. The van der Waals surface area contributed by atoms with E-state index in [0.717, 1.165) is 29.0 Å². The van der Waals surface area contributed by atoms with E-state index in [0.29, 0.717) is 27.2 Å². The van der Waals surface area contributed by atoms with Gasteiger partial charge in [-0.1, -0.05) is 37.1 Å². The molecule has 1 amide bonds. The number of aromatic nitrogens is 1. The lowest BCUT2D eigenvalue weighted by Gasteiger charge is -2.09. The first kappa shape index (κ1) is 20.2. The Kier molecular flexibility index (Phi) is 6.54. The number of carbonyl (C=O) groups is 1. The predicted molar refractivity (Wildman–Crippen MR) is 114 cm³/mol. The van der Waals surface area contributed by atoms with Crippen molar-refractivity contribution < 1.29 is 14.3 Å². The number of thiazole rings is 1. The predicted octanol–water partition coefficient (Wildman–Crippen LogP) is 5.69. The molecule has 0 aliphatic rings. The van der Waals surface area contributed by atoms with Gasteiger partial charge in [-0.05, 0) is 36.8 Å². The Balaban J connectivity index is 1.94. The second-order valence-corrected chi connectivity index (χ2v) is 7.54. The van der Waals surface area contributed by atoms with Gasteiger partial charge in [-0.15, -0.1) is 11.3 Å². The zero-order valence-electron chi connectivity index (χ0n) is 15.9. The minimum absolute atomic E-state index is 0.277. The second-order valence-electron chi connectivity index (χ2n) is 6.04. The van der Waals surface area contributed by atoms with Crippen LogP contribution in [0, 0.1) is 0 Å². The number of halogens is 1. The number of ether oxygens (including phenoxy) is 2. The molecular weight excluding hydrogens is 396 g/mol. The maximum absolute atomic E-state index is 12.6. The summed E-state index contributed by atoms with van der Waals surface area (Å²) in [6.45, 7) is 2.11. The molecule has 7 heteroatoms. The van der Waals surface area contributed by atoms with E-state index < -0.39 is 0 Å². The van der Waals surface area contributed by atoms with Crippen LogP contribution in [0.15, 0.2) is 42.5 Å². The molecule has 0 fully saturated rings. The number of amides is 1. The Bertz CT molecular complexity index is 988. The van der Waals surface area contributed by atoms with Crippen molar-refractivity contribution in [3.05, 3.63) is 57.9 Å². The number of aryl methyl sites for hydroxylation is 1. The lowest BCUT2D eigenvalue weighted by atomic mass is 10.1. The van der Waals surface area contributed by atoms with Crippen LogP contribution >= 0.6 is 22.9 Å². The summed E-state index contributed by atoms with van der Waals surface area (Å²) in [7, 11) is 3.20. The maximum Gasteiger partial charge on any atom is 0.258 e. The fraction of sp³-hybridized carbons (Fsp3) is 0.238. The summed E-state index contributed by atoms with van der Waals surface area (Å²) >= 11 is 7.60. The van der Waals surface area contributed by atoms with E-state index >= 15 is 0 Å². The lowest BCUT2D eigenvalue weighted by molar-refractivity contribution is 0.102. The molecule has 0 spiro atoms. The molecule has 3 aromatic rings. The van der Waals surface area contributed by atoms with Crippen LogP contribution in [0.3, 0.4) is 0 Å². The lowest BCUT2D eigenvalue weighted by Crippen LogP contribution is -2.12. The quantitative estimate of drug-likeness (QED) is 0.537. The van der Waals surface area contributed by atoms with Crippen LogP contribution in [0.25, 0.3) is 11.3 Å². The summed E-state index contributed by atoms with van der Waals surface area (Å²) < 4.78 is 10.7. The highest BCUT2D eigenvalue weighted by atomic mass is 35.5. The zero-order valence-corrected chi connectivity index (χ0v) is 17.5. The zero-order chi connectivity index (χ0) is 20.1. The third kappa shape index (κ3) is 4.29. The van der Waals surface area contributed by atoms with Crippen molar-refractivity contribution in [1.29, 1.82) is 0 Å². The minimum atomic E-state index is -0.277. The highest BCUT2D eigenvalue weighted by molar-refractivity contribution is 7.16. The first-order valence-corrected chi connectivity index (χ1v) is 10.0. The summed E-state index contributed by atoms with van der Waals surface area (Å²) in [6, 6.07) is 12.6. The molecule has 146 valence electrons. The van der Waals surface area contributed by atoms with Crippen molar-refractivity contribution in [2.24, 2.45) is 0 Å². The summed E-state index contributed by atoms with van der Waals surface area (Å²) in [4.78, 5) is 18.3. The number of nitrogens with zero attached hydrogens (tertiary/aromatic N) is 1. The standard InChI is InChI=1S/C21H21ClN2O3S/c1-4-7-18-19(13-10-11-16(26-2)17(12-13)27-3)23-21(28-18)24-20(25)14-8-5-6-9-15(14)22/h5-6,8-12H,4,7H2,1-3H3,(H,23,24,25). The van der Waals surface area contributed by atoms with E-state index in [1.165, 1.54) is 11.3 Å². The molecule has 0 bridgehead atoms. The summed E-state index contributed by atoms with van der Waals surface area (Å²) in [5.41, 5.74) is 2.17. The van der Waals surface area contributed by atoms with Gasteiger partial charge in [0.2, 0.25) is 0 Å². The Hall–Kier alpha value is -2.57. The number of benzene rings is 2. The molecule has 3 rings (SSSR count). The number of carbonyl (C=O) groups excluding carboxylic acids is 1. The van der Waals surface area contributed by atoms with E-state index in [4.69, 9.17) is 21.1 Å². The smallest absolute Gasteiger partial charge is 0.258 e. The van der Waals surface area contributed by atoms with Gasteiger partial charge in [0.25, 0.3) is 5.91 Å². The number of hydrogen-bond donors (Lipinski definition) is 1. The molecule has 5 nitrogen and oxygen atoms in total. The average Bonchev–Trinajstić information content (AvgIpc) is 3.10. The van der Waals surface area contributed by atoms with E-state index in [2.05, 4.69) is 17.2 Å². The molecule has 0 atom stereocenters. The molecule has 1 heterocycles. The molecule has 0 saturated carbocycles. The van der Waals surface area contributed by atoms with Gasteiger partial charge in [0, 0.05) is 10.4 Å². The Morgan fingerprint density at radius 3 is 2.57 bits per heavy atom. The average molecular weight is 417 g/mol. The molecule has 0 aliphatic heterocycles. The number of methoxy groups -OCH3 is 2. The van der Waals surface area contributed by atoms with Crippen LogP contribution < -0.4 is 14.8 Å². The summed E-state index contributed by atoms with van der Waals surface area (Å²) in [6.07, 6.45) is 1.84. The van der Waals surface area contributed by atoms with Crippen molar-refractivity contribution in [2.75, 3.05) is 19.5 Å². The Morgan fingerprint density at radius 1 is 1.14 bits per heavy atom. The maximum atomic E-state index is 12.6. The third-order valence-electron chi connectivity index (χ3n) is 4.17. The minimum Gasteiger partial charge on any atom is -0.493 e. The van der Waals surface area contributed by atoms with Crippen LogP contribution in [-0.2, 0) is 6.42 Å². The van der Waals surface area contributed by atoms with Gasteiger partial charge in [0.1, 0.15) is 0 Å². The number of rotatable bonds is 7. The molecule has 2 aromatic carbocycles. The second kappa shape index (κ2) is 9.08. The van der Waals surface area contributed by atoms with Crippen LogP contribution in [0.5, 0.6) is 11.5 Å². The Labute approximate surface area is 173 Å². The van der Waals surface area contributed by atoms with Crippen molar-refractivity contribution >= 4 is 34.0 Å². The van der Waals surface area contributed by atoms with E-state index in [1.807, 2.05) is 18.2 Å². The van der Waals surface area contributed by atoms with E-state index in [-0.39, 0.29) is 5.91 Å². The molecule has 0 aliphatic carbocycles. The highest BCUT2D eigenvalue weighted by Crippen LogP contribution is 2.37. The fourth-order valence-electron chi connectivity index (χ4n) is 2.82. The third-order valence-corrected chi connectivity index (χ3v) is 5.53. The van der Waals surface area contributed by atoms with Crippen LogP contribution in [-0.4, -0.2) is 25.1 Å². The summed E-state index contributed by atoms with van der Waals surface area (Å²) in [5.74, 6) is 1.02. The molecule has 0 radical (unpaired) electrons. The Morgan fingerprint density at radius 2 is 1.89 bits per heavy atom.